The minimum Gasteiger partial charge on any atom is -0.354 e. The Hall–Kier alpha value is -2.66. The molecule has 0 bridgehead atoms. The van der Waals surface area contributed by atoms with Gasteiger partial charge in [-0.3, -0.25) is 25.1 Å². The molecule has 25 heavy (non-hydrogen) atoms. The lowest BCUT2D eigenvalue weighted by Crippen LogP contribution is -2.49. The van der Waals surface area contributed by atoms with Crippen molar-refractivity contribution in [2.24, 2.45) is 0 Å². The smallest absolute Gasteiger partial charge is 0.290 e. The van der Waals surface area contributed by atoms with Crippen molar-refractivity contribution >= 4 is 33.9 Å². The molecule has 2 aromatic rings. The molecule has 0 unspecified atom stereocenters. The lowest BCUT2D eigenvalue weighted by atomic mass is 10.2. The van der Waals surface area contributed by atoms with Gasteiger partial charge in [0.15, 0.2) is 0 Å². The Labute approximate surface area is 147 Å². The van der Waals surface area contributed by atoms with E-state index in [1.165, 1.54) is 17.5 Å². The average molecular weight is 363 g/mol. The molecule has 11 heteroatoms. The first-order valence-corrected chi connectivity index (χ1v) is 8.55. The summed E-state index contributed by atoms with van der Waals surface area (Å²) in [5, 5.41) is 21.5. The molecule has 0 aliphatic carbocycles. The van der Waals surface area contributed by atoms with Gasteiger partial charge in [-0.15, -0.1) is 10.2 Å². The number of aryl methyl sites for hydroxylation is 1. The van der Waals surface area contributed by atoms with Gasteiger partial charge in [-0.05, 0) is 13.0 Å². The molecule has 0 atom stereocenters. The van der Waals surface area contributed by atoms with Crippen molar-refractivity contribution < 1.29 is 9.72 Å². The second kappa shape index (κ2) is 7.49. The molecule has 1 aliphatic heterocycles. The highest BCUT2D eigenvalue weighted by atomic mass is 32.1. The molecule has 2 aromatic heterocycles. The Kier molecular flexibility index (Phi) is 5.14. The van der Waals surface area contributed by atoms with Gasteiger partial charge >= 0.3 is 0 Å². The SMILES string of the molecule is Cc1cc(N2CCN(CC(=O)Nc3nncs3)CC2)ncc1[N+](=O)[O-]. The van der Waals surface area contributed by atoms with Crippen LogP contribution in [0.25, 0.3) is 0 Å². The molecule has 0 radical (unpaired) electrons. The number of carbonyl (C=O) groups is 1. The van der Waals surface area contributed by atoms with Gasteiger partial charge in [0.05, 0.1) is 11.5 Å². The lowest BCUT2D eigenvalue weighted by molar-refractivity contribution is -0.385. The molecular formula is C14H17N7O3S. The first kappa shape index (κ1) is 17.2. The molecule has 1 amide bonds. The number of carbonyl (C=O) groups excluding carboxylic acids is 1. The summed E-state index contributed by atoms with van der Waals surface area (Å²) in [4.78, 5) is 30.7. The van der Waals surface area contributed by atoms with Crippen molar-refractivity contribution in [2.75, 3.05) is 42.9 Å². The third-order valence-corrected chi connectivity index (χ3v) is 4.54. The molecule has 10 nitrogen and oxygen atoms in total. The van der Waals surface area contributed by atoms with Crippen LogP contribution in [-0.4, -0.2) is 63.6 Å². The van der Waals surface area contributed by atoms with Gasteiger partial charge in [-0.1, -0.05) is 11.3 Å². The van der Waals surface area contributed by atoms with Crippen LogP contribution in [0.5, 0.6) is 0 Å². The van der Waals surface area contributed by atoms with E-state index in [9.17, 15) is 14.9 Å². The molecule has 3 rings (SSSR count). The number of rotatable bonds is 5. The fourth-order valence-corrected chi connectivity index (χ4v) is 3.08. The summed E-state index contributed by atoms with van der Waals surface area (Å²) in [6.45, 7) is 4.83. The van der Waals surface area contributed by atoms with Crippen LogP contribution in [0.4, 0.5) is 16.6 Å². The van der Waals surface area contributed by atoms with E-state index in [1.54, 1.807) is 18.5 Å². The number of anilines is 2. The van der Waals surface area contributed by atoms with E-state index in [0.29, 0.717) is 43.4 Å². The van der Waals surface area contributed by atoms with E-state index in [0.717, 1.165) is 5.82 Å². The number of nitrogens with one attached hydrogen (secondary N) is 1. The van der Waals surface area contributed by atoms with Crippen LogP contribution < -0.4 is 10.2 Å². The summed E-state index contributed by atoms with van der Waals surface area (Å²) in [6, 6.07) is 1.73. The number of aromatic nitrogens is 3. The van der Waals surface area contributed by atoms with Crippen LogP contribution in [0, 0.1) is 17.0 Å². The lowest BCUT2D eigenvalue weighted by Gasteiger charge is -2.35. The average Bonchev–Trinajstić information content (AvgIpc) is 3.08. The highest BCUT2D eigenvalue weighted by molar-refractivity contribution is 7.13. The van der Waals surface area contributed by atoms with Gasteiger partial charge in [0.2, 0.25) is 11.0 Å². The summed E-state index contributed by atoms with van der Waals surface area (Å²) in [7, 11) is 0. The van der Waals surface area contributed by atoms with Gasteiger partial charge in [-0.2, -0.15) is 0 Å². The Morgan fingerprint density at radius 3 is 2.76 bits per heavy atom. The summed E-state index contributed by atoms with van der Waals surface area (Å²) < 4.78 is 0. The summed E-state index contributed by atoms with van der Waals surface area (Å²) >= 11 is 1.28. The zero-order valence-corrected chi connectivity index (χ0v) is 14.4. The Morgan fingerprint density at radius 2 is 2.16 bits per heavy atom. The van der Waals surface area contributed by atoms with Gasteiger partial charge in [0.25, 0.3) is 5.69 Å². The number of amides is 1. The second-order valence-electron chi connectivity index (χ2n) is 5.64. The topological polar surface area (TPSA) is 117 Å². The number of piperazine rings is 1. The molecule has 0 spiro atoms. The van der Waals surface area contributed by atoms with Gasteiger partial charge in [0.1, 0.15) is 17.5 Å². The quantitative estimate of drug-likeness (QED) is 0.615. The number of nitro groups is 1. The molecule has 1 N–H and O–H groups in total. The summed E-state index contributed by atoms with van der Waals surface area (Å²) in [5.41, 5.74) is 2.18. The monoisotopic (exact) mass is 363 g/mol. The highest BCUT2D eigenvalue weighted by Crippen LogP contribution is 2.22. The highest BCUT2D eigenvalue weighted by Gasteiger charge is 2.21. The Morgan fingerprint density at radius 1 is 1.40 bits per heavy atom. The maximum absolute atomic E-state index is 12.0. The van der Waals surface area contributed by atoms with Crippen molar-refractivity contribution in [1.82, 2.24) is 20.1 Å². The number of hydrogen-bond donors (Lipinski definition) is 1. The number of hydrogen-bond acceptors (Lipinski definition) is 9. The van der Waals surface area contributed by atoms with Gasteiger partial charge < -0.3 is 4.90 Å². The van der Waals surface area contributed by atoms with E-state index < -0.39 is 4.92 Å². The van der Waals surface area contributed by atoms with Gasteiger partial charge in [0, 0.05) is 31.7 Å². The third kappa shape index (κ3) is 4.25. The maximum Gasteiger partial charge on any atom is 0.290 e. The molecule has 1 saturated heterocycles. The molecule has 0 aromatic carbocycles. The maximum atomic E-state index is 12.0. The predicted molar refractivity (Wildman–Crippen MR) is 92.8 cm³/mol. The van der Waals surface area contributed by atoms with E-state index in [4.69, 9.17) is 0 Å². The Bertz CT molecular complexity index is 760. The van der Waals surface area contributed by atoms with Crippen molar-refractivity contribution in [2.45, 2.75) is 6.92 Å². The van der Waals surface area contributed by atoms with E-state index in [-0.39, 0.29) is 11.6 Å². The first-order chi connectivity index (χ1) is 12.0. The van der Waals surface area contributed by atoms with Crippen LogP contribution in [0.15, 0.2) is 17.8 Å². The van der Waals surface area contributed by atoms with Crippen LogP contribution in [0.3, 0.4) is 0 Å². The van der Waals surface area contributed by atoms with Gasteiger partial charge in [-0.25, -0.2) is 4.98 Å². The fraction of sp³-hybridized carbons (Fsp3) is 0.429. The van der Waals surface area contributed by atoms with E-state index >= 15 is 0 Å². The van der Waals surface area contributed by atoms with E-state index in [1.807, 2.05) is 4.90 Å². The Balaban J connectivity index is 1.52. The van der Waals surface area contributed by atoms with Crippen molar-refractivity contribution in [3.8, 4) is 0 Å². The zero-order chi connectivity index (χ0) is 17.8. The minimum atomic E-state index is -0.430. The number of pyridine rings is 1. The number of nitrogens with zero attached hydrogens (tertiary/aromatic N) is 6. The van der Waals surface area contributed by atoms with Crippen LogP contribution >= 0.6 is 11.3 Å². The second-order valence-corrected chi connectivity index (χ2v) is 6.47. The normalized spacial score (nSPS) is 15.2. The predicted octanol–water partition coefficient (Wildman–Crippen LogP) is 0.910. The molecule has 1 fully saturated rings. The zero-order valence-electron chi connectivity index (χ0n) is 13.6. The minimum absolute atomic E-state index is 0.0238. The van der Waals surface area contributed by atoms with Crippen molar-refractivity contribution in [3.63, 3.8) is 0 Å². The van der Waals surface area contributed by atoms with Crippen molar-refractivity contribution in [3.05, 3.63) is 33.5 Å². The largest absolute Gasteiger partial charge is 0.354 e. The van der Waals surface area contributed by atoms with Crippen molar-refractivity contribution in [1.29, 1.82) is 0 Å². The molecule has 132 valence electrons. The molecule has 1 aliphatic rings. The van der Waals surface area contributed by atoms with Crippen LogP contribution in [0.2, 0.25) is 0 Å². The van der Waals surface area contributed by atoms with Crippen LogP contribution in [-0.2, 0) is 4.79 Å². The standard InChI is InChI=1S/C14H17N7O3S/c1-10-6-12(15-7-11(10)21(23)24)20-4-2-19(3-5-20)8-13(22)17-14-18-16-9-25-14/h6-7,9H,2-5,8H2,1H3,(H,17,18,22). The molecule has 0 saturated carbocycles. The third-order valence-electron chi connectivity index (χ3n) is 3.94. The molecule has 3 heterocycles. The van der Waals surface area contributed by atoms with E-state index in [2.05, 4.69) is 25.4 Å². The summed E-state index contributed by atoms with van der Waals surface area (Å²) in [6.07, 6.45) is 1.30. The fourth-order valence-electron chi connectivity index (χ4n) is 2.62. The van der Waals surface area contributed by atoms with Crippen LogP contribution in [0.1, 0.15) is 5.56 Å². The first-order valence-electron chi connectivity index (χ1n) is 7.67. The molecular weight excluding hydrogens is 346 g/mol. The summed E-state index contributed by atoms with van der Waals surface area (Å²) in [5.74, 6) is 0.607.